The van der Waals surface area contributed by atoms with Crippen LogP contribution in [0.5, 0.6) is 17.2 Å². The highest BCUT2D eigenvalue weighted by Crippen LogP contribution is 2.48. The molecule has 0 aliphatic heterocycles. The zero-order valence-electron chi connectivity index (χ0n) is 18.5. The molecule has 0 radical (unpaired) electrons. The molecule has 176 valence electrons. The van der Waals surface area contributed by atoms with E-state index in [2.05, 4.69) is 10.3 Å². The van der Waals surface area contributed by atoms with E-state index in [0.29, 0.717) is 46.7 Å². The Morgan fingerprint density at radius 2 is 1.91 bits per heavy atom. The van der Waals surface area contributed by atoms with Crippen molar-refractivity contribution in [1.82, 2.24) is 4.98 Å². The number of nitrogens with zero attached hydrogens (tertiary/aromatic N) is 1. The lowest BCUT2D eigenvalue weighted by molar-refractivity contribution is -0.152. The lowest BCUT2D eigenvalue weighted by Crippen LogP contribution is -2.33. The minimum atomic E-state index is -1.15. The van der Waals surface area contributed by atoms with Gasteiger partial charge < -0.3 is 25.3 Å². The third kappa shape index (κ3) is 4.34. The molecule has 1 heterocycles. The van der Waals surface area contributed by atoms with E-state index in [1.54, 1.807) is 43.5 Å². The van der Waals surface area contributed by atoms with Crippen LogP contribution < -0.4 is 20.5 Å². The van der Waals surface area contributed by atoms with Gasteiger partial charge in [0.15, 0.2) is 0 Å². The fourth-order valence-corrected chi connectivity index (χ4v) is 3.76. The van der Waals surface area contributed by atoms with Crippen molar-refractivity contribution in [3.8, 4) is 17.2 Å². The van der Waals surface area contributed by atoms with Crippen molar-refractivity contribution in [1.29, 1.82) is 0 Å². The second-order valence-corrected chi connectivity index (χ2v) is 8.15. The molecule has 1 aliphatic carbocycles. The number of nitrogens with two attached hydrogens (primary N) is 1. The Morgan fingerprint density at radius 1 is 1.15 bits per heavy atom. The number of carbonyl (C=O) groups is 3. The molecule has 1 aliphatic rings. The maximum Gasteiger partial charge on any atom is 0.321 e. The van der Waals surface area contributed by atoms with Gasteiger partial charge in [-0.15, -0.1) is 0 Å². The molecule has 3 N–H and O–H groups in total. The number of anilines is 1. The van der Waals surface area contributed by atoms with E-state index in [9.17, 15) is 14.4 Å². The maximum atomic E-state index is 12.7. The molecule has 0 unspecified atom stereocenters. The van der Waals surface area contributed by atoms with Crippen LogP contribution in [0.2, 0.25) is 5.02 Å². The van der Waals surface area contributed by atoms with E-state index in [4.69, 9.17) is 31.5 Å². The number of ether oxygens (including phenoxy) is 3. The summed E-state index contributed by atoms with van der Waals surface area (Å²) in [5, 5.41) is 3.48. The number of rotatable bonds is 8. The Kier molecular flexibility index (Phi) is 6.30. The summed E-state index contributed by atoms with van der Waals surface area (Å²) >= 11 is 6.37. The summed E-state index contributed by atoms with van der Waals surface area (Å²) in [6.45, 7) is 1.90. The summed E-state index contributed by atoms with van der Waals surface area (Å²) < 4.78 is 16.2. The molecule has 4 rings (SSSR count). The first-order chi connectivity index (χ1) is 16.3. The Hall–Kier alpha value is -3.85. The van der Waals surface area contributed by atoms with Gasteiger partial charge in [0, 0.05) is 23.7 Å². The summed E-state index contributed by atoms with van der Waals surface area (Å²) in [5.41, 5.74) is 5.40. The van der Waals surface area contributed by atoms with Gasteiger partial charge >= 0.3 is 5.97 Å². The third-order valence-electron chi connectivity index (χ3n) is 5.56. The van der Waals surface area contributed by atoms with E-state index in [1.807, 2.05) is 0 Å². The minimum absolute atomic E-state index is 0.194. The minimum Gasteiger partial charge on any atom is -0.496 e. The molecule has 3 aromatic rings. The quantitative estimate of drug-likeness (QED) is 0.365. The lowest BCUT2D eigenvalue weighted by atomic mass is 10.1. The smallest absolute Gasteiger partial charge is 0.321 e. The number of esters is 1. The van der Waals surface area contributed by atoms with Crippen LogP contribution in [0, 0.1) is 5.41 Å². The van der Waals surface area contributed by atoms with Crippen molar-refractivity contribution in [3.05, 3.63) is 53.2 Å². The average Bonchev–Trinajstić information content (AvgIpc) is 3.62. The molecule has 2 aromatic carbocycles. The van der Waals surface area contributed by atoms with E-state index < -0.39 is 23.2 Å². The number of fused-ring (bicyclic) bond motifs is 1. The van der Waals surface area contributed by atoms with Gasteiger partial charge in [-0.05, 0) is 44.0 Å². The van der Waals surface area contributed by atoms with Crippen molar-refractivity contribution >= 4 is 46.0 Å². The molecule has 1 saturated carbocycles. The van der Waals surface area contributed by atoms with Crippen LogP contribution >= 0.6 is 11.6 Å². The van der Waals surface area contributed by atoms with Gasteiger partial charge in [0.05, 0.1) is 35.5 Å². The summed E-state index contributed by atoms with van der Waals surface area (Å²) in [7, 11) is 1.44. The van der Waals surface area contributed by atoms with Crippen molar-refractivity contribution in [3.63, 3.8) is 0 Å². The number of hydrogen-bond acceptors (Lipinski definition) is 7. The number of nitrogens with one attached hydrogen (secondary N) is 1. The van der Waals surface area contributed by atoms with Crippen molar-refractivity contribution < 1.29 is 28.6 Å². The predicted octanol–water partition coefficient (Wildman–Crippen LogP) is 4.07. The Morgan fingerprint density at radius 3 is 2.53 bits per heavy atom. The van der Waals surface area contributed by atoms with Gasteiger partial charge in [-0.3, -0.25) is 19.4 Å². The van der Waals surface area contributed by atoms with E-state index in [-0.39, 0.29) is 17.2 Å². The molecule has 1 fully saturated rings. The van der Waals surface area contributed by atoms with Gasteiger partial charge in [-0.2, -0.15) is 0 Å². The maximum absolute atomic E-state index is 12.7. The second-order valence-electron chi connectivity index (χ2n) is 7.74. The lowest BCUT2D eigenvalue weighted by Gasteiger charge is -2.16. The normalized spacial score (nSPS) is 13.7. The summed E-state index contributed by atoms with van der Waals surface area (Å²) in [5.74, 6) is -0.507. The zero-order valence-corrected chi connectivity index (χ0v) is 19.3. The summed E-state index contributed by atoms with van der Waals surface area (Å²) in [4.78, 5) is 40.9. The molecule has 0 spiro atoms. The summed E-state index contributed by atoms with van der Waals surface area (Å²) in [6.07, 6.45) is 2.43. The van der Waals surface area contributed by atoms with Gasteiger partial charge in [0.2, 0.25) is 5.91 Å². The van der Waals surface area contributed by atoms with E-state index in [0.717, 1.165) is 0 Å². The van der Waals surface area contributed by atoms with Gasteiger partial charge in [0.25, 0.3) is 5.91 Å². The standard InChI is InChI=1S/C24H22ClN3O6/c1-3-33-23(31)24(7-8-24)22(30)28-17-5-4-13(10-16(17)25)34-19-6-9-27-18-12-20(32-2)15(21(26)29)11-14(18)19/h4-6,9-12H,3,7-8H2,1-2H3,(H2,26,29)(H,28,30). The third-order valence-corrected chi connectivity index (χ3v) is 5.87. The van der Waals surface area contributed by atoms with Crippen molar-refractivity contribution in [2.75, 3.05) is 19.0 Å². The first kappa shape index (κ1) is 23.3. The Balaban J connectivity index is 1.57. The fourth-order valence-electron chi connectivity index (χ4n) is 3.55. The number of hydrogen-bond donors (Lipinski definition) is 2. The van der Waals surface area contributed by atoms with Gasteiger partial charge in [0.1, 0.15) is 22.7 Å². The van der Waals surface area contributed by atoms with Crippen molar-refractivity contribution in [2.24, 2.45) is 11.1 Å². The summed E-state index contributed by atoms with van der Waals surface area (Å²) in [6, 6.07) is 9.53. The highest BCUT2D eigenvalue weighted by Gasteiger charge is 2.58. The number of aromatic nitrogens is 1. The Bertz CT molecular complexity index is 1310. The Labute approximate surface area is 200 Å². The van der Waals surface area contributed by atoms with Gasteiger partial charge in [-0.25, -0.2) is 0 Å². The largest absolute Gasteiger partial charge is 0.496 e. The van der Waals surface area contributed by atoms with E-state index >= 15 is 0 Å². The number of primary amides is 1. The van der Waals surface area contributed by atoms with Crippen LogP contribution in [0.25, 0.3) is 10.9 Å². The van der Waals surface area contributed by atoms with Crippen LogP contribution in [-0.4, -0.2) is 36.5 Å². The van der Waals surface area contributed by atoms with Crippen LogP contribution in [0.1, 0.15) is 30.1 Å². The average molecular weight is 484 g/mol. The SMILES string of the molecule is CCOC(=O)C1(C(=O)Nc2ccc(Oc3ccnc4cc(OC)c(C(N)=O)cc34)cc2Cl)CC1. The topological polar surface area (TPSA) is 130 Å². The van der Waals surface area contributed by atoms with Crippen LogP contribution in [0.4, 0.5) is 5.69 Å². The molecule has 0 bridgehead atoms. The van der Waals surface area contributed by atoms with Crippen molar-refractivity contribution in [2.45, 2.75) is 19.8 Å². The molecular weight excluding hydrogens is 462 g/mol. The second kappa shape index (κ2) is 9.18. The molecule has 9 nitrogen and oxygen atoms in total. The number of methoxy groups -OCH3 is 1. The first-order valence-corrected chi connectivity index (χ1v) is 10.9. The monoisotopic (exact) mass is 483 g/mol. The van der Waals surface area contributed by atoms with Crippen LogP contribution in [0.3, 0.4) is 0 Å². The number of halogens is 1. The first-order valence-electron chi connectivity index (χ1n) is 10.5. The molecule has 0 saturated heterocycles. The van der Waals surface area contributed by atoms with Gasteiger partial charge in [-0.1, -0.05) is 11.6 Å². The number of carbonyl (C=O) groups excluding carboxylic acids is 3. The predicted molar refractivity (Wildman–Crippen MR) is 125 cm³/mol. The van der Waals surface area contributed by atoms with Crippen LogP contribution in [-0.2, 0) is 14.3 Å². The molecule has 0 atom stereocenters. The zero-order chi connectivity index (χ0) is 24.5. The molecule has 34 heavy (non-hydrogen) atoms. The van der Waals surface area contributed by atoms with Crippen LogP contribution in [0.15, 0.2) is 42.6 Å². The number of pyridine rings is 1. The molecular formula is C24H22ClN3O6. The molecule has 10 heteroatoms. The molecule has 2 amide bonds. The highest BCUT2D eigenvalue weighted by atomic mass is 35.5. The fraction of sp³-hybridized carbons (Fsp3) is 0.250. The van der Waals surface area contributed by atoms with E-state index in [1.165, 1.54) is 13.2 Å². The number of amides is 2. The highest BCUT2D eigenvalue weighted by molar-refractivity contribution is 6.34. The number of benzene rings is 2. The molecule has 1 aromatic heterocycles.